The maximum Gasteiger partial charge on any atom is 0.0830 e. The molecule has 1 aromatic rings. The Kier molecular flexibility index (Phi) is 4.65. The standard InChI is InChI=1S/C16H21IO3/c17-14-4-2-1-3-13(14)15(18)12-5-8-20-16(11-12)6-9-19-10-7-16/h1-4,12,15,18H,5-11H2. The van der Waals surface area contributed by atoms with E-state index in [-0.39, 0.29) is 17.6 Å². The number of ether oxygens (including phenoxy) is 2. The third kappa shape index (κ3) is 3.03. The Hall–Kier alpha value is -0.170. The van der Waals surface area contributed by atoms with Crippen LogP contribution in [0.3, 0.4) is 0 Å². The molecule has 110 valence electrons. The number of aliphatic hydroxyl groups excluding tert-OH is 1. The smallest absolute Gasteiger partial charge is 0.0830 e. The van der Waals surface area contributed by atoms with Crippen LogP contribution in [0, 0.1) is 9.49 Å². The van der Waals surface area contributed by atoms with Crippen LogP contribution in [0.15, 0.2) is 24.3 Å². The summed E-state index contributed by atoms with van der Waals surface area (Å²) in [5.41, 5.74) is 1.00. The Balaban J connectivity index is 1.75. The van der Waals surface area contributed by atoms with E-state index in [9.17, 15) is 5.11 Å². The van der Waals surface area contributed by atoms with Crippen molar-refractivity contribution in [3.8, 4) is 0 Å². The summed E-state index contributed by atoms with van der Waals surface area (Å²) in [5.74, 6) is 0.290. The highest BCUT2D eigenvalue weighted by atomic mass is 127. The van der Waals surface area contributed by atoms with E-state index >= 15 is 0 Å². The van der Waals surface area contributed by atoms with Crippen molar-refractivity contribution in [2.75, 3.05) is 19.8 Å². The van der Waals surface area contributed by atoms with Crippen LogP contribution in [0.4, 0.5) is 0 Å². The molecule has 1 N–H and O–H groups in total. The van der Waals surface area contributed by atoms with E-state index < -0.39 is 0 Å². The van der Waals surface area contributed by atoms with Crippen LogP contribution in [0.2, 0.25) is 0 Å². The van der Waals surface area contributed by atoms with Crippen LogP contribution in [0.5, 0.6) is 0 Å². The van der Waals surface area contributed by atoms with Gasteiger partial charge in [0.1, 0.15) is 0 Å². The van der Waals surface area contributed by atoms with Crippen molar-refractivity contribution in [3.63, 3.8) is 0 Å². The summed E-state index contributed by atoms with van der Waals surface area (Å²) in [4.78, 5) is 0. The topological polar surface area (TPSA) is 38.7 Å². The fraction of sp³-hybridized carbons (Fsp3) is 0.625. The fourth-order valence-corrected chi connectivity index (χ4v) is 4.10. The van der Waals surface area contributed by atoms with Gasteiger partial charge in [-0.2, -0.15) is 0 Å². The highest BCUT2D eigenvalue weighted by molar-refractivity contribution is 14.1. The molecular weight excluding hydrogens is 367 g/mol. The molecule has 4 heteroatoms. The molecule has 2 heterocycles. The number of hydrogen-bond acceptors (Lipinski definition) is 3. The molecule has 3 rings (SSSR count). The number of halogens is 1. The summed E-state index contributed by atoms with van der Waals surface area (Å²) in [5, 5.41) is 10.7. The van der Waals surface area contributed by atoms with E-state index in [0.717, 1.165) is 54.6 Å². The average Bonchev–Trinajstić information content (AvgIpc) is 2.48. The van der Waals surface area contributed by atoms with Gasteiger partial charge in [0.2, 0.25) is 0 Å². The predicted octanol–water partition coefficient (Wildman–Crippen LogP) is 3.30. The zero-order chi connectivity index (χ0) is 14.0. The van der Waals surface area contributed by atoms with Crippen LogP contribution in [0.25, 0.3) is 0 Å². The maximum atomic E-state index is 10.7. The van der Waals surface area contributed by atoms with Crippen LogP contribution >= 0.6 is 22.6 Å². The number of benzene rings is 1. The van der Waals surface area contributed by atoms with Gasteiger partial charge in [-0.3, -0.25) is 0 Å². The van der Waals surface area contributed by atoms with Crippen molar-refractivity contribution in [2.45, 2.75) is 37.4 Å². The van der Waals surface area contributed by atoms with Crippen molar-refractivity contribution in [1.29, 1.82) is 0 Å². The Morgan fingerprint density at radius 1 is 1.20 bits per heavy atom. The molecule has 2 saturated heterocycles. The Labute approximate surface area is 133 Å². The van der Waals surface area contributed by atoms with Crippen molar-refractivity contribution < 1.29 is 14.6 Å². The molecule has 3 nitrogen and oxygen atoms in total. The lowest BCUT2D eigenvalue weighted by Gasteiger charge is -2.44. The number of hydrogen-bond donors (Lipinski definition) is 1. The monoisotopic (exact) mass is 388 g/mol. The minimum Gasteiger partial charge on any atom is -0.388 e. The van der Waals surface area contributed by atoms with Gasteiger partial charge < -0.3 is 14.6 Å². The van der Waals surface area contributed by atoms with Crippen LogP contribution in [-0.4, -0.2) is 30.5 Å². The summed E-state index contributed by atoms with van der Waals surface area (Å²) in [6, 6.07) is 8.12. The van der Waals surface area contributed by atoms with Gasteiger partial charge in [0.05, 0.1) is 11.7 Å². The molecule has 20 heavy (non-hydrogen) atoms. The number of aliphatic hydroxyl groups is 1. The first kappa shape index (κ1) is 14.8. The van der Waals surface area contributed by atoms with E-state index in [1.165, 1.54) is 0 Å². The molecule has 0 aromatic heterocycles. The zero-order valence-electron chi connectivity index (χ0n) is 11.6. The zero-order valence-corrected chi connectivity index (χ0v) is 13.7. The van der Waals surface area contributed by atoms with Gasteiger partial charge in [-0.05, 0) is 65.8 Å². The first-order chi connectivity index (χ1) is 9.70. The van der Waals surface area contributed by atoms with Crippen molar-refractivity contribution in [1.82, 2.24) is 0 Å². The van der Waals surface area contributed by atoms with Crippen LogP contribution in [0.1, 0.15) is 37.4 Å². The Bertz CT molecular complexity index is 451. The summed E-state index contributed by atoms with van der Waals surface area (Å²) in [6.07, 6.45) is 3.42. The molecule has 2 fully saturated rings. The molecule has 0 aliphatic carbocycles. The third-order valence-electron chi connectivity index (χ3n) is 4.61. The lowest BCUT2D eigenvalue weighted by molar-refractivity contribution is -0.159. The average molecular weight is 388 g/mol. The molecule has 2 unspecified atom stereocenters. The Morgan fingerprint density at radius 2 is 1.95 bits per heavy atom. The van der Waals surface area contributed by atoms with Gasteiger partial charge in [0, 0.05) is 23.4 Å². The van der Waals surface area contributed by atoms with Gasteiger partial charge in [0.25, 0.3) is 0 Å². The van der Waals surface area contributed by atoms with E-state index in [1.807, 2.05) is 18.2 Å². The van der Waals surface area contributed by atoms with Gasteiger partial charge >= 0.3 is 0 Å². The Morgan fingerprint density at radius 3 is 2.70 bits per heavy atom. The summed E-state index contributed by atoms with van der Waals surface area (Å²) < 4.78 is 12.7. The highest BCUT2D eigenvalue weighted by Crippen LogP contribution is 2.42. The van der Waals surface area contributed by atoms with E-state index in [0.29, 0.717) is 0 Å². The second-order valence-electron chi connectivity index (χ2n) is 5.86. The third-order valence-corrected chi connectivity index (χ3v) is 5.59. The van der Waals surface area contributed by atoms with Gasteiger partial charge in [0.15, 0.2) is 0 Å². The highest BCUT2D eigenvalue weighted by Gasteiger charge is 2.41. The molecule has 2 aliphatic heterocycles. The fourth-order valence-electron chi connectivity index (χ4n) is 3.40. The predicted molar refractivity (Wildman–Crippen MR) is 85.6 cm³/mol. The molecule has 0 bridgehead atoms. The van der Waals surface area contributed by atoms with Gasteiger partial charge in [-0.1, -0.05) is 18.2 Å². The second kappa shape index (κ2) is 6.30. The van der Waals surface area contributed by atoms with E-state index in [1.54, 1.807) is 0 Å². The molecule has 2 atom stereocenters. The summed E-state index contributed by atoms with van der Waals surface area (Å²) in [7, 11) is 0. The van der Waals surface area contributed by atoms with E-state index in [4.69, 9.17) is 9.47 Å². The van der Waals surface area contributed by atoms with Crippen molar-refractivity contribution in [2.24, 2.45) is 5.92 Å². The molecule has 1 spiro atoms. The van der Waals surface area contributed by atoms with Crippen molar-refractivity contribution in [3.05, 3.63) is 33.4 Å². The molecule has 0 saturated carbocycles. The molecule has 1 aromatic carbocycles. The van der Waals surface area contributed by atoms with Crippen molar-refractivity contribution >= 4 is 22.6 Å². The normalized spacial score (nSPS) is 27.4. The molecular formula is C16H21IO3. The molecule has 2 aliphatic rings. The van der Waals surface area contributed by atoms with E-state index in [2.05, 4.69) is 28.7 Å². The minimum atomic E-state index is -0.383. The lowest BCUT2D eigenvalue weighted by atomic mass is 9.77. The SMILES string of the molecule is OC(c1ccccc1I)C1CCOC2(CCOCC2)C1. The number of rotatable bonds is 2. The van der Waals surface area contributed by atoms with Gasteiger partial charge in [-0.25, -0.2) is 0 Å². The molecule has 0 amide bonds. The van der Waals surface area contributed by atoms with Crippen LogP contribution < -0.4 is 0 Å². The lowest BCUT2D eigenvalue weighted by Crippen LogP contribution is -2.45. The molecule has 0 radical (unpaired) electrons. The maximum absolute atomic E-state index is 10.7. The largest absolute Gasteiger partial charge is 0.388 e. The second-order valence-corrected chi connectivity index (χ2v) is 7.03. The minimum absolute atomic E-state index is 0.0532. The summed E-state index contributed by atoms with van der Waals surface area (Å²) >= 11 is 2.31. The van der Waals surface area contributed by atoms with Crippen LogP contribution in [-0.2, 0) is 9.47 Å². The summed E-state index contributed by atoms with van der Waals surface area (Å²) in [6.45, 7) is 2.32. The quantitative estimate of drug-likeness (QED) is 0.791. The first-order valence-corrected chi connectivity index (χ1v) is 8.42. The first-order valence-electron chi connectivity index (χ1n) is 7.34. The van der Waals surface area contributed by atoms with Gasteiger partial charge in [-0.15, -0.1) is 0 Å².